The minimum atomic E-state index is -0.402. The molecule has 0 saturated carbocycles. The van der Waals surface area contributed by atoms with Crippen LogP contribution in [0.4, 0.5) is 5.69 Å². The number of hydrogen-bond acceptors (Lipinski definition) is 0. The van der Waals surface area contributed by atoms with Crippen LogP contribution in [0.15, 0.2) is 42.5 Å². The molecule has 72 heavy (non-hydrogen) atoms. The standard InChI is InChI=1S/C20H19N.2C3H8.3CH3.42Y/c1-14-7-6-10-16-12-18-11-15-8-4-5-9-17(15)13-20(2,3)21(18)19(14)16;2*1-3-2;;;;;;;;;;;;;;;;;;;;;;;;;;;;;;;;;;;;;;;;;;;;;/h4-10H,1-3,11-13H2;2*3H2,1-2H3;3*1H3;;;;;;;;;;;;;;;;;;;;;;;;;;;;;;;;;;;;;;;;;;/q-2;;;3*-1;;;;;;;;;;;;;;;;;;;;;;;;;;;;;;;;;;;;;;;;;;. The molecule has 0 amide bonds. The smallest absolute Gasteiger partial charge is 0.150 e. The summed E-state index contributed by atoms with van der Waals surface area (Å²) in [6.07, 6.45) is 5.33. The van der Waals surface area contributed by atoms with E-state index in [0.717, 1.165) is 24.8 Å². The maximum absolute atomic E-state index is 4.44. The molecule has 42 radical (unpaired) electrons. The SMILES string of the molecule is CCC.CCC.[CH2-]c1cccc2c1[N+]1=C(Cc3ccccc3CC1([CH2-])[CH2-])C2.[CH3-].[CH3-].[CH3-].[Y].[Y].[Y].[Y].[Y].[Y].[Y].[Y].[Y].[Y].[Y].[Y].[Y].[Y].[Y].[Y].[Y].[Y].[Y].[Y].[Y].[Y].[Y].[Y].[Y].[Y].[Y].[Y].[Y].[Y].[Y].[Y].[Y].[Y].[Y].[Y].[Y].[Y].[Y].[Y].[Y].[Y]. The van der Waals surface area contributed by atoms with Gasteiger partial charge in [0.1, 0.15) is 5.69 Å². The van der Waals surface area contributed by atoms with E-state index < -0.39 is 5.54 Å². The van der Waals surface area contributed by atoms with Gasteiger partial charge in [-0.25, -0.2) is 0 Å². The molecule has 0 fully saturated rings. The largest absolute Gasteiger partial charge is 0.358 e. The second-order valence-corrected chi connectivity index (χ2v) is 7.76. The van der Waals surface area contributed by atoms with Gasteiger partial charge in [-0.05, 0) is 23.1 Å². The molecule has 2 heterocycles. The van der Waals surface area contributed by atoms with E-state index in [1.165, 1.54) is 40.9 Å². The van der Waals surface area contributed by atoms with E-state index in [1.807, 2.05) is 0 Å². The summed E-state index contributed by atoms with van der Waals surface area (Å²) in [5, 5.41) is 0. The fraction of sp³-hybridized carbons (Fsp3) is 0.345. The van der Waals surface area contributed by atoms with Gasteiger partial charge in [0.05, 0.1) is 6.42 Å². The normalized spacial score (nSPS) is 5.97. The Balaban J connectivity index is -0.00000000352. The second-order valence-electron chi connectivity index (χ2n) is 7.76. The maximum Gasteiger partial charge on any atom is 0.150 e. The molecule has 0 saturated heterocycles. The summed E-state index contributed by atoms with van der Waals surface area (Å²) in [5.74, 6) is 0. The van der Waals surface area contributed by atoms with Crippen molar-refractivity contribution in [3.63, 3.8) is 0 Å². The molecule has 2 aliphatic rings. The molecule has 2 aromatic rings. The fourth-order valence-corrected chi connectivity index (χ4v) is 3.80. The number of rotatable bonds is 0. The van der Waals surface area contributed by atoms with Gasteiger partial charge in [0.25, 0.3) is 0 Å². The zero-order chi connectivity index (χ0) is 20.0. The quantitative estimate of drug-likeness (QED) is 0.188. The van der Waals surface area contributed by atoms with E-state index in [2.05, 4.69) is 95.5 Å². The summed E-state index contributed by atoms with van der Waals surface area (Å²) >= 11 is 0. The van der Waals surface area contributed by atoms with Crippen molar-refractivity contribution >= 4 is 11.4 Å². The topological polar surface area (TPSA) is 3.01 Å². The third-order valence-electron chi connectivity index (χ3n) is 4.64. The summed E-state index contributed by atoms with van der Waals surface area (Å²) in [7, 11) is 0. The van der Waals surface area contributed by atoms with E-state index in [0.29, 0.717) is 0 Å². The average Bonchev–Trinajstić information content (AvgIpc) is 2.93. The zero-order valence-corrected chi connectivity index (χ0v) is 164. The summed E-state index contributed by atoms with van der Waals surface area (Å²) in [6.45, 7) is 21.6. The summed E-state index contributed by atoms with van der Waals surface area (Å²) in [6, 6.07) is 15.0. The van der Waals surface area contributed by atoms with Gasteiger partial charge in [-0.2, -0.15) is 13.0 Å². The summed E-state index contributed by atoms with van der Waals surface area (Å²) in [5.41, 5.74) is 7.43. The molecule has 2 aliphatic heterocycles. The molecule has 0 N–H and O–H groups in total. The van der Waals surface area contributed by atoms with E-state index in [4.69, 9.17) is 0 Å². The van der Waals surface area contributed by atoms with Crippen molar-refractivity contribution in [1.82, 2.24) is 0 Å². The van der Waals surface area contributed by atoms with Crippen molar-refractivity contribution in [3.05, 3.63) is 108 Å². The molecule has 4 rings (SSSR count). The van der Waals surface area contributed by atoms with Crippen LogP contribution in [0.3, 0.4) is 0 Å². The van der Waals surface area contributed by atoms with E-state index in [-0.39, 0.29) is 1400 Å². The van der Waals surface area contributed by atoms with Crippen LogP contribution in [-0.4, -0.2) is 15.8 Å². The van der Waals surface area contributed by atoms with Crippen LogP contribution in [0.5, 0.6) is 0 Å². The molecular weight excluding hydrogens is 4100 g/mol. The zero-order valence-electron chi connectivity index (χ0n) is 44.9. The Labute approximate surface area is 1510 Å². The Hall–Kier alpha value is 44.3. The first-order chi connectivity index (χ1) is 12.9. The molecule has 2 aromatic carbocycles. The van der Waals surface area contributed by atoms with E-state index >= 15 is 0 Å². The number of nitrogens with zero attached hydrogens (tertiary/aromatic N) is 1. The van der Waals surface area contributed by atoms with E-state index in [1.54, 1.807) is 0 Å². The minimum Gasteiger partial charge on any atom is -0.358 e. The molecular formula is C29H44NY42-5. The maximum atomic E-state index is 4.44. The van der Waals surface area contributed by atoms with Crippen LogP contribution < -0.4 is 0 Å². The Morgan fingerprint density at radius 1 is 0.333 bits per heavy atom. The fourth-order valence-electron chi connectivity index (χ4n) is 3.80. The van der Waals surface area contributed by atoms with Crippen LogP contribution in [0, 0.1) is 43.1 Å². The van der Waals surface area contributed by atoms with Crippen LogP contribution in [0.25, 0.3) is 0 Å². The van der Waals surface area contributed by atoms with Gasteiger partial charge in [0.15, 0.2) is 5.71 Å². The number of benzene rings is 2. The minimum absolute atomic E-state index is 0. The molecule has 0 unspecified atom stereocenters. The van der Waals surface area contributed by atoms with Gasteiger partial charge in [-0.15, -0.1) is 11.6 Å². The average molecular weight is 4140 g/mol. The van der Waals surface area contributed by atoms with Crippen LogP contribution >= 0.6 is 0 Å². The van der Waals surface area contributed by atoms with Crippen molar-refractivity contribution in [1.29, 1.82) is 0 Å². The van der Waals surface area contributed by atoms with E-state index in [9.17, 15) is 0 Å². The first kappa shape index (κ1) is 296. The third kappa shape index (κ3) is 158. The van der Waals surface area contributed by atoms with Crippen molar-refractivity contribution < 1.29 is 1380 Å². The number of fused-ring (bicyclic) bond motifs is 3. The van der Waals surface area contributed by atoms with Crippen molar-refractivity contribution in [2.45, 2.75) is 65.3 Å². The van der Waals surface area contributed by atoms with Gasteiger partial charge in [-0.1, -0.05) is 76.4 Å². The molecule has 0 bridgehead atoms. The summed E-state index contributed by atoms with van der Waals surface area (Å²) in [4.78, 5) is 0. The predicted octanol–water partition coefficient (Wildman–Crippen LogP) is 7.79. The molecule has 296 valence electrons. The van der Waals surface area contributed by atoms with Crippen molar-refractivity contribution in [2.75, 3.05) is 0 Å². The Morgan fingerprint density at radius 3 is 0.764 bits per heavy atom. The molecule has 43 heteroatoms. The molecule has 0 spiro atoms. The monoisotopic (exact) mass is 4140 g/mol. The Bertz CT molecular complexity index is 864. The molecule has 1 nitrogen and oxygen atoms in total. The van der Waals surface area contributed by atoms with Crippen LogP contribution in [0.1, 0.15) is 62.8 Å². The first-order valence-corrected chi connectivity index (χ1v) is 10.3. The predicted molar refractivity (Wildman–Crippen MR) is 138 cm³/mol. The molecule has 0 atom stereocenters. The number of hydrogen-bond donors (Lipinski definition) is 0. The Kier molecular flexibility index (Phi) is 892. The third-order valence-corrected chi connectivity index (χ3v) is 4.64. The van der Waals surface area contributed by atoms with Crippen LogP contribution in [0.2, 0.25) is 0 Å². The van der Waals surface area contributed by atoms with Gasteiger partial charge in [0, 0.05) is 1380 Å². The Morgan fingerprint density at radius 2 is 0.528 bits per heavy atom. The van der Waals surface area contributed by atoms with Gasteiger partial charge in [0.2, 0.25) is 0 Å². The van der Waals surface area contributed by atoms with Crippen molar-refractivity contribution in [3.8, 4) is 0 Å². The van der Waals surface area contributed by atoms with Gasteiger partial charge >= 0.3 is 0 Å². The number of para-hydroxylation sites is 1. The van der Waals surface area contributed by atoms with Gasteiger partial charge in [-0.3, -0.25) is 0 Å². The first-order valence-electron chi connectivity index (χ1n) is 10.3. The second kappa shape index (κ2) is 217. The van der Waals surface area contributed by atoms with Gasteiger partial charge < -0.3 is 40.7 Å². The molecule has 0 aromatic heterocycles. The summed E-state index contributed by atoms with van der Waals surface area (Å²) < 4.78 is 2.35. The molecule has 0 aliphatic carbocycles. The van der Waals surface area contributed by atoms with Crippen LogP contribution in [-0.2, 0) is 1390 Å². The van der Waals surface area contributed by atoms with Crippen molar-refractivity contribution in [2.24, 2.45) is 0 Å².